The van der Waals surface area contributed by atoms with Gasteiger partial charge in [-0.25, -0.2) is 13.8 Å². The highest BCUT2D eigenvalue weighted by Crippen LogP contribution is 2.25. The SMILES string of the molecule is CCN(CC)CC(=O)N1CCN(c2ccc(Nc3cc(NCc4cccc(F)c4F)c(CC(N)=O)cn3)cc2)CC1. The molecule has 0 bridgehead atoms. The molecule has 1 aromatic heterocycles. The molecular formula is C30H37F2N7O2. The number of primary amides is 1. The van der Waals surface area contributed by atoms with E-state index in [1.807, 2.05) is 29.2 Å². The van der Waals surface area contributed by atoms with Crippen LogP contribution in [0.15, 0.2) is 54.7 Å². The predicted molar refractivity (Wildman–Crippen MR) is 157 cm³/mol. The van der Waals surface area contributed by atoms with E-state index in [1.165, 1.54) is 18.3 Å². The second-order valence-electron chi connectivity index (χ2n) is 9.94. The van der Waals surface area contributed by atoms with E-state index in [0.29, 0.717) is 36.7 Å². The molecule has 11 heteroatoms. The Bertz CT molecular complexity index is 1340. The van der Waals surface area contributed by atoms with Gasteiger partial charge in [0.15, 0.2) is 11.6 Å². The molecule has 1 aliphatic heterocycles. The lowest BCUT2D eigenvalue weighted by Crippen LogP contribution is -2.51. The Balaban J connectivity index is 1.38. The van der Waals surface area contributed by atoms with Gasteiger partial charge in [-0.2, -0.15) is 0 Å². The van der Waals surface area contributed by atoms with E-state index in [-0.39, 0.29) is 24.4 Å². The number of carbonyl (C=O) groups is 2. The van der Waals surface area contributed by atoms with Gasteiger partial charge in [-0.05, 0) is 43.4 Å². The number of halogens is 2. The first-order valence-corrected chi connectivity index (χ1v) is 13.8. The van der Waals surface area contributed by atoms with Gasteiger partial charge < -0.3 is 26.2 Å². The molecule has 4 N–H and O–H groups in total. The summed E-state index contributed by atoms with van der Waals surface area (Å²) in [5, 5.41) is 6.33. The molecule has 2 aromatic carbocycles. The highest BCUT2D eigenvalue weighted by molar-refractivity contribution is 5.79. The van der Waals surface area contributed by atoms with Gasteiger partial charge in [-0.3, -0.25) is 14.5 Å². The van der Waals surface area contributed by atoms with E-state index in [2.05, 4.69) is 39.3 Å². The Morgan fingerprint density at radius 3 is 2.37 bits per heavy atom. The van der Waals surface area contributed by atoms with E-state index in [1.54, 1.807) is 6.07 Å². The molecule has 218 valence electrons. The molecule has 1 aliphatic rings. The number of rotatable bonds is 12. The molecule has 0 atom stereocenters. The maximum absolute atomic E-state index is 14.1. The number of amides is 2. The average Bonchev–Trinajstić information content (AvgIpc) is 2.98. The molecule has 2 heterocycles. The summed E-state index contributed by atoms with van der Waals surface area (Å²) < 4.78 is 27.8. The number of piperazine rings is 1. The van der Waals surface area contributed by atoms with Crippen LogP contribution < -0.4 is 21.3 Å². The van der Waals surface area contributed by atoms with Crippen LogP contribution in [-0.4, -0.2) is 72.4 Å². The standard InChI is InChI=1S/C30H37F2N7O2/c1-3-37(4-2)20-29(41)39-14-12-38(13-15-39)24-10-8-23(9-11-24)36-28-17-26(22(19-35-28)16-27(33)40)34-18-21-6-5-7-25(31)30(21)32/h5-11,17,19H,3-4,12-16,18,20H2,1-2H3,(H2,33,40)(H2,34,35,36). The predicted octanol–water partition coefficient (Wildman–Crippen LogP) is 3.73. The van der Waals surface area contributed by atoms with Crippen molar-refractivity contribution >= 4 is 34.7 Å². The zero-order valence-corrected chi connectivity index (χ0v) is 23.5. The largest absolute Gasteiger partial charge is 0.380 e. The number of benzene rings is 2. The fraction of sp³-hybridized carbons (Fsp3) is 0.367. The summed E-state index contributed by atoms with van der Waals surface area (Å²) in [5.74, 6) is -1.69. The van der Waals surface area contributed by atoms with E-state index >= 15 is 0 Å². The van der Waals surface area contributed by atoms with Gasteiger partial charge in [-0.1, -0.05) is 26.0 Å². The summed E-state index contributed by atoms with van der Waals surface area (Å²) in [7, 11) is 0. The average molecular weight is 566 g/mol. The van der Waals surface area contributed by atoms with E-state index in [9.17, 15) is 18.4 Å². The second kappa shape index (κ2) is 13.9. The van der Waals surface area contributed by atoms with Crippen LogP contribution in [0.3, 0.4) is 0 Å². The third kappa shape index (κ3) is 7.91. The lowest BCUT2D eigenvalue weighted by molar-refractivity contribution is -0.132. The van der Waals surface area contributed by atoms with Crippen LogP contribution in [0.2, 0.25) is 0 Å². The third-order valence-corrected chi connectivity index (χ3v) is 7.24. The fourth-order valence-corrected chi connectivity index (χ4v) is 4.78. The van der Waals surface area contributed by atoms with Crippen molar-refractivity contribution in [1.82, 2.24) is 14.8 Å². The van der Waals surface area contributed by atoms with E-state index in [0.717, 1.165) is 43.6 Å². The van der Waals surface area contributed by atoms with E-state index < -0.39 is 17.5 Å². The van der Waals surface area contributed by atoms with Crippen LogP contribution in [0.25, 0.3) is 0 Å². The fourth-order valence-electron chi connectivity index (χ4n) is 4.78. The summed E-state index contributed by atoms with van der Waals surface area (Å²) in [4.78, 5) is 34.9. The van der Waals surface area contributed by atoms with Crippen molar-refractivity contribution in [1.29, 1.82) is 0 Å². The zero-order chi connectivity index (χ0) is 29.4. The quantitative estimate of drug-likeness (QED) is 0.307. The Morgan fingerprint density at radius 2 is 1.71 bits per heavy atom. The molecule has 0 radical (unpaired) electrons. The molecule has 0 unspecified atom stereocenters. The Morgan fingerprint density at radius 1 is 1.00 bits per heavy atom. The van der Waals surface area contributed by atoms with E-state index in [4.69, 9.17) is 5.73 Å². The van der Waals surface area contributed by atoms with Crippen molar-refractivity contribution in [3.8, 4) is 0 Å². The summed E-state index contributed by atoms with van der Waals surface area (Å²) >= 11 is 0. The van der Waals surface area contributed by atoms with Crippen LogP contribution in [0, 0.1) is 11.6 Å². The number of anilines is 4. The number of aromatic nitrogens is 1. The second-order valence-corrected chi connectivity index (χ2v) is 9.94. The van der Waals surface area contributed by atoms with Gasteiger partial charge in [0.25, 0.3) is 0 Å². The van der Waals surface area contributed by atoms with Gasteiger partial charge in [0.05, 0.1) is 13.0 Å². The van der Waals surface area contributed by atoms with Crippen LogP contribution in [0.1, 0.15) is 25.0 Å². The molecule has 41 heavy (non-hydrogen) atoms. The molecule has 0 saturated carbocycles. The summed E-state index contributed by atoms with van der Waals surface area (Å²) in [6, 6.07) is 13.6. The maximum atomic E-state index is 14.1. The van der Waals surface area contributed by atoms with Crippen molar-refractivity contribution in [2.75, 3.05) is 61.3 Å². The summed E-state index contributed by atoms with van der Waals surface area (Å²) in [6.45, 7) is 9.25. The zero-order valence-electron chi connectivity index (χ0n) is 23.5. The molecule has 9 nitrogen and oxygen atoms in total. The lowest BCUT2D eigenvalue weighted by atomic mass is 10.1. The number of nitrogens with two attached hydrogens (primary N) is 1. The van der Waals surface area contributed by atoms with Gasteiger partial charge in [0, 0.05) is 73.2 Å². The highest BCUT2D eigenvalue weighted by Gasteiger charge is 2.22. The van der Waals surface area contributed by atoms with Gasteiger partial charge >= 0.3 is 0 Å². The van der Waals surface area contributed by atoms with Crippen LogP contribution in [0.4, 0.5) is 31.7 Å². The molecule has 0 aliphatic carbocycles. The van der Waals surface area contributed by atoms with Crippen LogP contribution in [0.5, 0.6) is 0 Å². The topological polar surface area (TPSA) is 107 Å². The molecule has 4 rings (SSSR count). The number of pyridine rings is 1. The van der Waals surface area contributed by atoms with Crippen molar-refractivity contribution in [3.63, 3.8) is 0 Å². The number of nitrogens with one attached hydrogen (secondary N) is 2. The molecule has 3 aromatic rings. The minimum atomic E-state index is -0.923. The summed E-state index contributed by atoms with van der Waals surface area (Å²) in [5.41, 5.74) is 8.50. The van der Waals surface area contributed by atoms with Crippen molar-refractivity contribution in [2.45, 2.75) is 26.8 Å². The van der Waals surface area contributed by atoms with Crippen LogP contribution in [-0.2, 0) is 22.6 Å². The molecule has 0 spiro atoms. The smallest absolute Gasteiger partial charge is 0.236 e. The molecular weight excluding hydrogens is 528 g/mol. The van der Waals surface area contributed by atoms with Crippen LogP contribution >= 0.6 is 0 Å². The summed E-state index contributed by atoms with van der Waals surface area (Å²) in [6.07, 6.45) is 1.48. The highest BCUT2D eigenvalue weighted by atomic mass is 19.2. The Labute approximate surface area is 239 Å². The maximum Gasteiger partial charge on any atom is 0.236 e. The normalized spacial score (nSPS) is 13.4. The van der Waals surface area contributed by atoms with Crippen molar-refractivity contribution in [2.24, 2.45) is 5.73 Å². The minimum Gasteiger partial charge on any atom is -0.380 e. The molecule has 2 amide bonds. The Hall–Kier alpha value is -4.25. The monoisotopic (exact) mass is 565 g/mol. The van der Waals surface area contributed by atoms with Gasteiger partial charge in [0.1, 0.15) is 5.82 Å². The number of carbonyl (C=O) groups excluding carboxylic acids is 2. The van der Waals surface area contributed by atoms with Gasteiger partial charge in [0.2, 0.25) is 11.8 Å². The molecule has 1 fully saturated rings. The molecule has 1 saturated heterocycles. The minimum absolute atomic E-state index is 0.0157. The van der Waals surface area contributed by atoms with Gasteiger partial charge in [-0.15, -0.1) is 0 Å². The number of nitrogens with zero attached hydrogens (tertiary/aromatic N) is 4. The third-order valence-electron chi connectivity index (χ3n) is 7.24. The van der Waals surface area contributed by atoms with Crippen molar-refractivity contribution in [3.05, 3.63) is 77.5 Å². The lowest BCUT2D eigenvalue weighted by Gasteiger charge is -2.37. The first kappa shape index (κ1) is 29.7. The first-order chi connectivity index (χ1) is 19.8. The number of hydrogen-bond acceptors (Lipinski definition) is 7. The number of likely N-dealkylation sites (N-methyl/N-ethyl adjacent to an activating group) is 1. The first-order valence-electron chi connectivity index (χ1n) is 13.8. The Kier molecular flexibility index (Phi) is 10.1. The number of hydrogen-bond donors (Lipinski definition) is 3. The van der Waals surface area contributed by atoms with Crippen molar-refractivity contribution < 1.29 is 18.4 Å².